The zero-order valence-corrected chi connectivity index (χ0v) is 14.7. The van der Waals surface area contributed by atoms with Crippen LogP contribution in [0.4, 0.5) is 26.2 Å². The van der Waals surface area contributed by atoms with E-state index in [9.17, 15) is 13.6 Å². The van der Waals surface area contributed by atoms with Crippen LogP contribution in [-0.4, -0.2) is 39.1 Å². The lowest BCUT2D eigenvalue weighted by atomic mass is 9.87. The van der Waals surface area contributed by atoms with Gasteiger partial charge in [-0.25, -0.2) is 8.78 Å². The van der Waals surface area contributed by atoms with E-state index in [1.165, 1.54) is 0 Å². The maximum absolute atomic E-state index is 13.8. The highest BCUT2D eigenvalue weighted by atomic mass is 19.3. The summed E-state index contributed by atoms with van der Waals surface area (Å²) in [4.78, 5) is 15.8. The van der Waals surface area contributed by atoms with Crippen LogP contribution in [0.5, 0.6) is 0 Å². The number of alkyl halides is 2. The average molecular weight is 377 g/mol. The predicted molar refractivity (Wildman–Crippen MR) is 97.0 cm³/mol. The number of rotatable bonds is 5. The summed E-state index contributed by atoms with van der Waals surface area (Å²) in [7, 11) is 0. The number of carbonyl (C=O) groups excluding carboxylic acids is 1. The van der Waals surface area contributed by atoms with Crippen molar-refractivity contribution in [1.82, 2.24) is 15.2 Å². The Hall–Kier alpha value is -2.88. The van der Waals surface area contributed by atoms with Crippen molar-refractivity contribution < 1.29 is 13.6 Å². The van der Waals surface area contributed by atoms with Crippen molar-refractivity contribution in [2.75, 3.05) is 10.6 Å². The van der Waals surface area contributed by atoms with Gasteiger partial charge in [-0.3, -0.25) is 4.79 Å². The van der Waals surface area contributed by atoms with Crippen molar-refractivity contribution in [3.8, 4) is 0 Å². The Morgan fingerprint density at radius 1 is 1.26 bits per heavy atom. The first-order chi connectivity index (χ1) is 12.8. The van der Waals surface area contributed by atoms with E-state index in [1.807, 2.05) is 19.1 Å². The molecule has 1 aliphatic rings. The van der Waals surface area contributed by atoms with E-state index in [1.54, 1.807) is 12.1 Å². The van der Waals surface area contributed by atoms with E-state index < -0.39 is 23.9 Å². The lowest BCUT2D eigenvalue weighted by molar-refractivity contribution is -0.0555. The summed E-state index contributed by atoms with van der Waals surface area (Å²) < 4.78 is 27.7. The van der Waals surface area contributed by atoms with Crippen molar-refractivity contribution in [3.63, 3.8) is 0 Å². The highest BCUT2D eigenvalue weighted by Crippen LogP contribution is 2.33. The first-order valence-electron chi connectivity index (χ1n) is 8.54. The van der Waals surface area contributed by atoms with Gasteiger partial charge in [0.25, 0.3) is 11.8 Å². The zero-order chi connectivity index (χ0) is 19.6. The highest BCUT2D eigenvalue weighted by Gasteiger charge is 2.45. The standard InChI is InChI=1S/C17H21F2N7O/c1-9-4-6-10(7-5-9)22-15-12(14(21)27)25-26-16(24-15)23-11-3-2-8-17(18,19)13(11)20/h4-7,11,13H,2-3,8,20H2,1H3,(H2,21,27)(H2,22,23,24,26)/t11-,13-/m1/s1. The van der Waals surface area contributed by atoms with E-state index in [4.69, 9.17) is 11.5 Å². The summed E-state index contributed by atoms with van der Waals surface area (Å²) >= 11 is 0. The van der Waals surface area contributed by atoms with E-state index >= 15 is 0 Å². The third kappa shape index (κ3) is 4.27. The number of aromatic nitrogens is 3. The second-order valence-electron chi connectivity index (χ2n) is 6.62. The Morgan fingerprint density at radius 2 is 1.96 bits per heavy atom. The minimum atomic E-state index is -2.96. The molecule has 1 aliphatic carbocycles. The number of hydrogen-bond donors (Lipinski definition) is 4. The van der Waals surface area contributed by atoms with Gasteiger partial charge < -0.3 is 22.1 Å². The monoisotopic (exact) mass is 377 g/mol. The van der Waals surface area contributed by atoms with Crippen LogP contribution in [0.3, 0.4) is 0 Å². The maximum Gasteiger partial charge on any atom is 0.273 e. The molecule has 0 bridgehead atoms. The van der Waals surface area contributed by atoms with Crippen molar-refractivity contribution in [2.24, 2.45) is 11.5 Å². The molecule has 0 spiro atoms. The molecule has 144 valence electrons. The predicted octanol–water partition coefficient (Wildman–Crippen LogP) is 1.95. The lowest BCUT2D eigenvalue weighted by Crippen LogP contribution is -2.55. The number of aryl methyl sites for hydroxylation is 1. The summed E-state index contributed by atoms with van der Waals surface area (Å²) in [5, 5.41) is 13.3. The number of nitrogens with zero attached hydrogens (tertiary/aromatic N) is 3. The Labute approximate surface area is 154 Å². The number of benzene rings is 1. The van der Waals surface area contributed by atoms with Crippen LogP contribution in [0.25, 0.3) is 0 Å². The molecule has 1 aromatic carbocycles. The Balaban J connectivity index is 1.84. The fourth-order valence-corrected chi connectivity index (χ4v) is 2.94. The smallest absolute Gasteiger partial charge is 0.273 e. The molecule has 0 aliphatic heterocycles. The topological polar surface area (TPSA) is 132 Å². The number of hydrogen-bond acceptors (Lipinski definition) is 7. The molecule has 0 radical (unpaired) electrons. The number of halogens is 2. The van der Waals surface area contributed by atoms with Crippen LogP contribution >= 0.6 is 0 Å². The second kappa shape index (κ2) is 7.39. The summed E-state index contributed by atoms with van der Waals surface area (Å²) in [5.41, 5.74) is 12.6. The first kappa shape index (κ1) is 18.9. The van der Waals surface area contributed by atoms with Crippen LogP contribution in [-0.2, 0) is 0 Å². The normalized spacial score (nSPS) is 21.5. The minimum absolute atomic E-state index is 0.00670. The van der Waals surface area contributed by atoms with Crippen molar-refractivity contribution in [3.05, 3.63) is 35.5 Å². The number of carbonyl (C=O) groups is 1. The van der Waals surface area contributed by atoms with Gasteiger partial charge in [0.1, 0.15) is 0 Å². The van der Waals surface area contributed by atoms with Gasteiger partial charge in [0, 0.05) is 12.1 Å². The van der Waals surface area contributed by atoms with Gasteiger partial charge in [-0.05, 0) is 31.9 Å². The zero-order valence-electron chi connectivity index (χ0n) is 14.7. The molecular weight excluding hydrogens is 356 g/mol. The summed E-state index contributed by atoms with van der Waals surface area (Å²) in [5.74, 6) is -3.69. The molecule has 2 atom stereocenters. The fourth-order valence-electron chi connectivity index (χ4n) is 2.94. The fraction of sp³-hybridized carbons (Fsp3) is 0.412. The Morgan fingerprint density at radius 3 is 2.63 bits per heavy atom. The van der Waals surface area contributed by atoms with Crippen LogP contribution in [0.2, 0.25) is 0 Å². The molecule has 0 unspecified atom stereocenters. The van der Waals surface area contributed by atoms with Gasteiger partial charge in [-0.15, -0.1) is 10.2 Å². The van der Waals surface area contributed by atoms with Gasteiger partial charge >= 0.3 is 0 Å². The number of nitrogens with one attached hydrogen (secondary N) is 2. The van der Waals surface area contributed by atoms with Crippen molar-refractivity contribution in [2.45, 2.75) is 44.2 Å². The van der Waals surface area contributed by atoms with E-state index in [-0.39, 0.29) is 23.9 Å². The molecule has 1 aromatic heterocycles. The van der Waals surface area contributed by atoms with Gasteiger partial charge in [0.05, 0.1) is 12.1 Å². The molecule has 1 fully saturated rings. The van der Waals surface area contributed by atoms with Crippen molar-refractivity contribution >= 4 is 23.4 Å². The van der Waals surface area contributed by atoms with Crippen LogP contribution in [0.15, 0.2) is 24.3 Å². The molecule has 6 N–H and O–H groups in total. The van der Waals surface area contributed by atoms with E-state index in [0.29, 0.717) is 18.5 Å². The average Bonchev–Trinajstić information content (AvgIpc) is 2.61. The minimum Gasteiger partial charge on any atom is -0.364 e. The third-order valence-electron chi connectivity index (χ3n) is 4.50. The summed E-state index contributed by atoms with van der Waals surface area (Å²) in [6.45, 7) is 1.94. The Kier molecular flexibility index (Phi) is 5.17. The number of nitrogens with two attached hydrogens (primary N) is 2. The first-order valence-corrected chi connectivity index (χ1v) is 8.54. The van der Waals surface area contributed by atoms with Crippen molar-refractivity contribution in [1.29, 1.82) is 0 Å². The summed E-state index contributed by atoms with van der Waals surface area (Å²) in [6, 6.07) is 5.29. The van der Waals surface area contributed by atoms with Crippen LogP contribution in [0.1, 0.15) is 35.3 Å². The molecular formula is C17H21F2N7O. The molecule has 8 nitrogen and oxygen atoms in total. The third-order valence-corrected chi connectivity index (χ3v) is 4.50. The summed E-state index contributed by atoms with van der Waals surface area (Å²) in [6.07, 6.45) is 0.546. The SMILES string of the molecule is Cc1ccc(Nc2nc(N[C@@H]3CCCC(F)(F)[C@@H]3N)nnc2C(N)=O)cc1. The van der Waals surface area contributed by atoms with Gasteiger partial charge in [-0.1, -0.05) is 17.7 Å². The van der Waals surface area contributed by atoms with Gasteiger partial charge in [-0.2, -0.15) is 4.98 Å². The van der Waals surface area contributed by atoms with E-state index in [0.717, 1.165) is 5.56 Å². The number of primary amides is 1. The number of amides is 1. The quantitative estimate of drug-likeness (QED) is 0.626. The molecule has 2 aromatic rings. The van der Waals surface area contributed by atoms with E-state index in [2.05, 4.69) is 25.8 Å². The van der Waals surface area contributed by atoms with Gasteiger partial charge in [0.15, 0.2) is 11.5 Å². The molecule has 1 saturated carbocycles. The van der Waals surface area contributed by atoms with Crippen LogP contribution in [0, 0.1) is 6.92 Å². The van der Waals surface area contributed by atoms with Gasteiger partial charge in [0.2, 0.25) is 5.95 Å². The number of anilines is 3. The maximum atomic E-state index is 13.8. The molecule has 10 heteroatoms. The molecule has 0 saturated heterocycles. The molecule has 27 heavy (non-hydrogen) atoms. The van der Waals surface area contributed by atoms with Crippen LogP contribution < -0.4 is 22.1 Å². The molecule has 1 amide bonds. The molecule has 3 rings (SSSR count). The Bertz CT molecular complexity index is 829. The largest absolute Gasteiger partial charge is 0.364 e. The second-order valence-corrected chi connectivity index (χ2v) is 6.62. The lowest BCUT2D eigenvalue weighted by Gasteiger charge is -2.35. The molecule has 1 heterocycles. The highest BCUT2D eigenvalue weighted by molar-refractivity contribution is 5.96.